The monoisotopic (exact) mass is 275 g/mol. The predicted octanol–water partition coefficient (Wildman–Crippen LogP) is 2.67. The molecule has 2 heterocycles. The second-order valence-electron chi connectivity index (χ2n) is 4.71. The first-order chi connectivity index (χ1) is 9.24. The molecule has 0 bridgehead atoms. The molecule has 0 atom stereocenters. The highest BCUT2D eigenvalue weighted by Crippen LogP contribution is 2.39. The van der Waals surface area contributed by atoms with Gasteiger partial charge in [-0.1, -0.05) is 11.8 Å². The standard InChI is InChI=1S/C13H17N5S/c1-3-14-11-6-12(17-13(16-11)9-4-5-9)19-10-7-15-18(2)8-10/h6-9H,3-5H2,1-2H3,(H,14,16,17). The summed E-state index contributed by atoms with van der Waals surface area (Å²) >= 11 is 1.63. The summed E-state index contributed by atoms with van der Waals surface area (Å²) in [6.07, 6.45) is 6.28. The molecule has 19 heavy (non-hydrogen) atoms. The molecule has 1 N–H and O–H groups in total. The molecule has 100 valence electrons. The van der Waals surface area contributed by atoms with Gasteiger partial charge in [0.25, 0.3) is 0 Å². The van der Waals surface area contributed by atoms with E-state index >= 15 is 0 Å². The third kappa shape index (κ3) is 3.07. The summed E-state index contributed by atoms with van der Waals surface area (Å²) < 4.78 is 1.80. The van der Waals surface area contributed by atoms with Crippen LogP contribution in [-0.4, -0.2) is 26.3 Å². The SMILES string of the molecule is CCNc1cc(Sc2cnn(C)c2)nc(C2CC2)n1. The normalized spacial score (nSPS) is 14.6. The first-order valence-corrected chi connectivity index (χ1v) is 7.35. The van der Waals surface area contributed by atoms with Crippen molar-refractivity contribution in [3.8, 4) is 0 Å². The third-order valence-corrected chi connectivity index (χ3v) is 3.79. The summed E-state index contributed by atoms with van der Waals surface area (Å²) in [7, 11) is 1.92. The van der Waals surface area contributed by atoms with Crippen LogP contribution in [0.25, 0.3) is 0 Å². The Hall–Kier alpha value is -1.56. The van der Waals surface area contributed by atoms with Gasteiger partial charge >= 0.3 is 0 Å². The molecule has 1 aliphatic carbocycles. The van der Waals surface area contributed by atoms with E-state index in [4.69, 9.17) is 0 Å². The zero-order valence-electron chi connectivity index (χ0n) is 11.1. The van der Waals surface area contributed by atoms with E-state index in [1.165, 1.54) is 12.8 Å². The Morgan fingerprint density at radius 1 is 1.42 bits per heavy atom. The highest BCUT2D eigenvalue weighted by molar-refractivity contribution is 7.99. The Morgan fingerprint density at radius 3 is 2.89 bits per heavy atom. The molecule has 0 spiro atoms. The molecule has 2 aromatic heterocycles. The topological polar surface area (TPSA) is 55.6 Å². The molecule has 1 saturated carbocycles. The Morgan fingerprint density at radius 2 is 2.26 bits per heavy atom. The van der Waals surface area contributed by atoms with Crippen LogP contribution in [0.2, 0.25) is 0 Å². The van der Waals surface area contributed by atoms with Gasteiger partial charge in [-0.05, 0) is 19.8 Å². The van der Waals surface area contributed by atoms with Crippen LogP contribution in [0.4, 0.5) is 5.82 Å². The second kappa shape index (κ2) is 5.21. The van der Waals surface area contributed by atoms with E-state index in [0.29, 0.717) is 5.92 Å². The van der Waals surface area contributed by atoms with Crippen molar-refractivity contribution in [2.75, 3.05) is 11.9 Å². The number of aryl methyl sites for hydroxylation is 1. The molecular weight excluding hydrogens is 258 g/mol. The van der Waals surface area contributed by atoms with Crippen molar-refractivity contribution < 1.29 is 0 Å². The molecule has 6 heteroatoms. The average Bonchev–Trinajstić information content (AvgIpc) is 3.14. The summed E-state index contributed by atoms with van der Waals surface area (Å²) in [5, 5.41) is 8.44. The van der Waals surface area contributed by atoms with Gasteiger partial charge in [0.15, 0.2) is 0 Å². The van der Waals surface area contributed by atoms with Gasteiger partial charge in [0.2, 0.25) is 0 Å². The molecule has 0 saturated heterocycles. The van der Waals surface area contributed by atoms with Crippen molar-refractivity contribution in [2.45, 2.75) is 35.6 Å². The van der Waals surface area contributed by atoms with Crippen LogP contribution in [0.1, 0.15) is 31.5 Å². The maximum Gasteiger partial charge on any atom is 0.135 e. The zero-order valence-corrected chi connectivity index (χ0v) is 11.9. The Labute approximate surface area is 116 Å². The lowest BCUT2D eigenvalue weighted by Crippen LogP contribution is -2.03. The summed E-state index contributed by atoms with van der Waals surface area (Å²) in [5.41, 5.74) is 0. The molecule has 0 aliphatic heterocycles. The average molecular weight is 275 g/mol. The van der Waals surface area contributed by atoms with Crippen molar-refractivity contribution in [3.05, 3.63) is 24.3 Å². The molecule has 1 fully saturated rings. The van der Waals surface area contributed by atoms with Crippen molar-refractivity contribution >= 4 is 17.6 Å². The molecule has 3 rings (SSSR count). The molecule has 5 nitrogen and oxygen atoms in total. The van der Waals surface area contributed by atoms with E-state index < -0.39 is 0 Å². The smallest absolute Gasteiger partial charge is 0.135 e. The fourth-order valence-corrected chi connectivity index (χ4v) is 2.72. The number of nitrogens with one attached hydrogen (secondary N) is 1. The lowest BCUT2D eigenvalue weighted by Gasteiger charge is -2.07. The van der Waals surface area contributed by atoms with Gasteiger partial charge in [0, 0.05) is 31.8 Å². The molecule has 2 aromatic rings. The fourth-order valence-electron chi connectivity index (χ4n) is 1.86. The summed E-state index contributed by atoms with van der Waals surface area (Å²) in [6.45, 7) is 2.95. The van der Waals surface area contributed by atoms with Crippen LogP contribution in [0.15, 0.2) is 28.4 Å². The van der Waals surface area contributed by atoms with Crippen LogP contribution in [0.3, 0.4) is 0 Å². The van der Waals surface area contributed by atoms with Crippen molar-refractivity contribution in [1.29, 1.82) is 0 Å². The third-order valence-electron chi connectivity index (χ3n) is 2.92. The second-order valence-corrected chi connectivity index (χ2v) is 5.80. The Kier molecular flexibility index (Phi) is 3.42. The number of hydrogen-bond acceptors (Lipinski definition) is 5. The highest BCUT2D eigenvalue weighted by Gasteiger charge is 2.27. The molecule has 0 radical (unpaired) electrons. The number of aromatic nitrogens is 4. The highest BCUT2D eigenvalue weighted by atomic mass is 32.2. The fraction of sp³-hybridized carbons (Fsp3) is 0.462. The lowest BCUT2D eigenvalue weighted by atomic mass is 10.4. The van der Waals surface area contributed by atoms with Gasteiger partial charge in [0.05, 0.1) is 11.1 Å². The van der Waals surface area contributed by atoms with Crippen LogP contribution in [-0.2, 0) is 7.05 Å². The van der Waals surface area contributed by atoms with E-state index in [1.807, 2.05) is 25.5 Å². The number of rotatable bonds is 5. The lowest BCUT2D eigenvalue weighted by molar-refractivity contribution is 0.766. The van der Waals surface area contributed by atoms with Gasteiger partial charge in [-0.25, -0.2) is 9.97 Å². The van der Waals surface area contributed by atoms with Gasteiger partial charge in [-0.3, -0.25) is 4.68 Å². The Balaban J connectivity index is 1.86. The molecule has 1 aliphatic rings. The van der Waals surface area contributed by atoms with Gasteiger partial charge in [0.1, 0.15) is 16.7 Å². The predicted molar refractivity (Wildman–Crippen MR) is 75.5 cm³/mol. The van der Waals surface area contributed by atoms with Crippen molar-refractivity contribution in [3.63, 3.8) is 0 Å². The van der Waals surface area contributed by atoms with Crippen LogP contribution in [0.5, 0.6) is 0 Å². The van der Waals surface area contributed by atoms with E-state index in [-0.39, 0.29) is 0 Å². The van der Waals surface area contributed by atoms with Gasteiger partial charge in [-0.2, -0.15) is 5.10 Å². The van der Waals surface area contributed by atoms with Crippen molar-refractivity contribution in [2.24, 2.45) is 7.05 Å². The molecule has 0 aromatic carbocycles. The molecule has 0 unspecified atom stereocenters. The van der Waals surface area contributed by atoms with Crippen LogP contribution >= 0.6 is 11.8 Å². The summed E-state index contributed by atoms with van der Waals surface area (Å²) in [5.74, 6) is 2.46. The minimum atomic E-state index is 0.562. The maximum atomic E-state index is 4.66. The van der Waals surface area contributed by atoms with Gasteiger partial charge in [-0.15, -0.1) is 0 Å². The number of anilines is 1. The van der Waals surface area contributed by atoms with E-state index in [2.05, 4.69) is 27.3 Å². The van der Waals surface area contributed by atoms with E-state index in [1.54, 1.807) is 16.4 Å². The number of hydrogen-bond donors (Lipinski definition) is 1. The minimum Gasteiger partial charge on any atom is -0.370 e. The van der Waals surface area contributed by atoms with Gasteiger partial charge < -0.3 is 5.32 Å². The Bertz CT molecular complexity index is 576. The molecular formula is C13H17N5S. The van der Waals surface area contributed by atoms with Crippen LogP contribution in [0, 0.1) is 0 Å². The van der Waals surface area contributed by atoms with Crippen LogP contribution < -0.4 is 5.32 Å². The summed E-state index contributed by atoms with van der Waals surface area (Å²) in [6, 6.07) is 2.01. The first kappa shape index (κ1) is 12.5. The zero-order chi connectivity index (χ0) is 13.2. The van der Waals surface area contributed by atoms with E-state index in [0.717, 1.165) is 28.1 Å². The van der Waals surface area contributed by atoms with Crippen molar-refractivity contribution in [1.82, 2.24) is 19.7 Å². The molecule has 0 amide bonds. The quantitative estimate of drug-likeness (QED) is 0.850. The van der Waals surface area contributed by atoms with E-state index in [9.17, 15) is 0 Å². The minimum absolute atomic E-state index is 0.562. The number of nitrogens with zero attached hydrogens (tertiary/aromatic N) is 4. The summed E-state index contributed by atoms with van der Waals surface area (Å²) in [4.78, 5) is 10.3. The first-order valence-electron chi connectivity index (χ1n) is 6.54. The largest absolute Gasteiger partial charge is 0.370 e. The maximum absolute atomic E-state index is 4.66.